The minimum absolute atomic E-state index is 0.145. The number of halogens is 1. The lowest BCUT2D eigenvalue weighted by Gasteiger charge is -2.20. The van der Waals surface area contributed by atoms with Crippen molar-refractivity contribution in [3.8, 4) is 0 Å². The molecule has 0 saturated heterocycles. The van der Waals surface area contributed by atoms with E-state index in [1.165, 1.54) is 0 Å². The molecule has 0 aliphatic rings. The number of hydrogen-bond donors (Lipinski definition) is 1. The molecule has 2 aromatic rings. The second-order valence-corrected chi connectivity index (χ2v) is 8.85. The largest absolute Gasteiger partial charge is 0.325 e. The van der Waals surface area contributed by atoms with E-state index in [4.69, 9.17) is 0 Å². The van der Waals surface area contributed by atoms with Crippen LogP contribution in [0.15, 0.2) is 46.9 Å². The van der Waals surface area contributed by atoms with Crippen LogP contribution >= 0.6 is 15.9 Å². The molecule has 0 aliphatic heterocycles. The van der Waals surface area contributed by atoms with E-state index in [1.807, 2.05) is 50.2 Å². The average Bonchev–Trinajstić information content (AvgIpc) is 2.52. The number of rotatable bonds is 6. The SMILES string of the molecule is Cc1cccc(NC(=O)CN(Cc2ccc(Br)cc2)S(C)(=O)=O)c1C. The van der Waals surface area contributed by atoms with Crippen molar-refractivity contribution in [3.05, 3.63) is 63.6 Å². The molecule has 0 atom stereocenters. The Balaban J connectivity index is 2.12. The summed E-state index contributed by atoms with van der Waals surface area (Å²) in [6.45, 7) is 3.79. The fourth-order valence-corrected chi connectivity index (χ4v) is 3.32. The van der Waals surface area contributed by atoms with Gasteiger partial charge in [0.25, 0.3) is 0 Å². The number of amides is 1. The minimum Gasteiger partial charge on any atom is -0.325 e. The highest BCUT2D eigenvalue weighted by Crippen LogP contribution is 2.18. The molecule has 0 aromatic heterocycles. The van der Waals surface area contributed by atoms with E-state index in [2.05, 4.69) is 21.2 Å². The van der Waals surface area contributed by atoms with E-state index in [1.54, 1.807) is 6.07 Å². The van der Waals surface area contributed by atoms with Crippen molar-refractivity contribution in [3.63, 3.8) is 0 Å². The first kappa shape index (κ1) is 19.6. The maximum absolute atomic E-state index is 12.4. The number of benzene rings is 2. The van der Waals surface area contributed by atoms with Crippen molar-refractivity contribution in [1.29, 1.82) is 0 Å². The molecular formula is C18H21BrN2O3S. The van der Waals surface area contributed by atoms with Crippen molar-refractivity contribution in [2.24, 2.45) is 0 Å². The van der Waals surface area contributed by atoms with Crippen LogP contribution in [-0.2, 0) is 21.4 Å². The van der Waals surface area contributed by atoms with Gasteiger partial charge < -0.3 is 5.32 Å². The number of hydrogen-bond acceptors (Lipinski definition) is 3. The molecule has 0 bridgehead atoms. The van der Waals surface area contributed by atoms with Gasteiger partial charge in [-0.2, -0.15) is 4.31 Å². The Labute approximate surface area is 157 Å². The molecule has 5 nitrogen and oxygen atoms in total. The Bertz CT molecular complexity index is 864. The van der Waals surface area contributed by atoms with Gasteiger partial charge in [0.2, 0.25) is 15.9 Å². The standard InChI is InChI=1S/C18H21BrN2O3S/c1-13-5-4-6-17(14(13)2)20-18(22)12-21(25(3,23)24)11-15-7-9-16(19)10-8-15/h4-10H,11-12H2,1-3H3,(H,20,22). The third-order valence-electron chi connectivity index (χ3n) is 3.94. The van der Waals surface area contributed by atoms with E-state index < -0.39 is 10.0 Å². The molecule has 0 radical (unpaired) electrons. The zero-order valence-corrected chi connectivity index (χ0v) is 16.8. The summed E-state index contributed by atoms with van der Waals surface area (Å²) in [6, 6.07) is 12.9. The van der Waals surface area contributed by atoms with Crippen LogP contribution in [0.3, 0.4) is 0 Å². The van der Waals surface area contributed by atoms with Crippen LogP contribution in [0.4, 0.5) is 5.69 Å². The molecule has 134 valence electrons. The molecule has 0 fully saturated rings. The second kappa shape index (κ2) is 8.12. The van der Waals surface area contributed by atoms with Gasteiger partial charge in [-0.1, -0.05) is 40.2 Å². The molecule has 0 aliphatic carbocycles. The second-order valence-electron chi connectivity index (χ2n) is 5.95. The molecule has 2 rings (SSSR count). The highest BCUT2D eigenvalue weighted by Gasteiger charge is 2.21. The first-order chi connectivity index (χ1) is 11.7. The van der Waals surface area contributed by atoms with E-state index in [0.29, 0.717) is 5.69 Å². The molecular weight excluding hydrogens is 404 g/mol. The molecule has 25 heavy (non-hydrogen) atoms. The van der Waals surface area contributed by atoms with Gasteiger partial charge in [0, 0.05) is 16.7 Å². The van der Waals surface area contributed by atoms with Crippen molar-refractivity contribution >= 4 is 37.5 Å². The van der Waals surface area contributed by atoms with Gasteiger partial charge in [0.1, 0.15) is 0 Å². The predicted molar refractivity (Wildman–Crippen MR) is 104 cm³/mol. The van der Waals surface area contributed by atoms with E-state index in [-0.39, 0.29) is 19.0 Å². The van der Waals surface area contributed by atoms with Gasteiger partial charge in [-0.15, -0.1) is 0 Å². The number of nitrogens with one attached hydrogen (secondary N) is 1. The molecule has 1 N–H and O–H groups in total. The van der Waals surface area contributed by atoms with Gasteiger partial charge in [-0.25, -0.2) is 8.42 Å². The van der Waals surface area contributed by atoms with Crippen molar-refractivity contribution in [2.75, 3.05) is 18.1 Å². The Morgan fingerprint density at radius 3 is 2.36 bits per heavy atom. The summed E-state index contributed by atoms with van der Waals surface area (Å²) in [5.74, 6) is -0.365. The minimum atomic E-state index is -3.52. The highest BCUT2D eigenvalue weighted by atomic mass is 79.9. The average molecular weight is 425 g/mol. The van der Waals surface area contributed by atoms with E-state index in [0.717, 1.165) is 31.7 Å². The Kier molecular flexibility index (Phi) is 6.37. The molecule has 2 aromatic carbocycles. The third-order valence-corrected chi connectivity index (χ3v) is 5.66. The summed E-state index contributed by atoms with van der Waals surface area (Å²) in [5, 5.41) is 2.80. The predicted octanol–water partition coefficient (Wildman–Crippen LogP) is 3.47. The van der Waals surface area contributed by atoms with Gasteiger partial charge in [0.05, 0.1) is 12.8 Å². The van der Waals surface area contributed by atoms with Gasteiger partial charge in [-0.3, -0.25) is 4.79 Å². The summed E-state index contributed by atoms with van der Waals surface area (Å²) in [6.07, 6.45) is 1.11. The van der Waals surface area contributed by atoms with Crippen LogP contribution in [0, 0.1) is 13.8 Å². The van der Waals surface area contributed by atoms with Crippen molar-refractivity contribution < 1.29 is 13.2 Å². The molecule has 0 heterocycles. The van der Waals surface area contributed by atoms with Gasteiger partial charge >= 0.3 is 0 Å². The zero-order valence-electron chi connectivity index (χ0n) is 14.4. The summed E-state index contributed by atoms with van der Waals surface area (Å²) >= 11 is 3.35. The zero-order chi connectivity index (χ0) is 18.6. The summed E-state index contributed by atoms with van der Waals surface area (Å²) in [4.78, 5) is 12.4. The normalized spacial score (nSPS) is 11.6. The molecule has 0 unspecified atom stereocenters. The lowest BCUT2D eigenvalue weighted by Crippen LogP contribution is -2.37. The number of carbonyl (C=O) groups is 1. The smallest absolute Gasteiger partial charge is 0.239 e. The maximum Gasteiger partial charge on any atom is 0.239 e. The fraction of sp³-hybridized carbons (Fsp3) is 0.278. The van der Waals surface area contributed by atoms with Crippen LogP contribution < -0.4 is 5.32 Å². The Hall–Kier alpha value is -1.70. The number of carbonyl (C=O) groups excluding carboxylic acids is 1. The lowest BCUT2D eigenvalue weighted by molar-refractivity contribution is -0.116. The number of aryl methyl sites for hydroxylation is 1. The van der Waals surface area contributed by atoms with Crippen LogP contribution in [-0.4, -0.2) is 31.4 Å². The van der Waals surface area contributed by atoms with Crippen molar-refractivity contribution in [1.82, 2.24) is 4.31 Å². The fourth-order valence-electron chi connectivity index (χ4n) is 2.32. The Morgan fingerprint density at radius 2 is 1.76 bits per heavy atom. The number of sulfonamides is 1. The van der Waals surface area contributed by atoms with Gasteiger partial charge in [0.15, 0.2) is 0 Å². The lowest BCUT2D eigenvalue weighted by atomic mass is 10.1. The topological polar surface area (TPSA) is 66.5 Å². The van der Waals surface area contributed by atoms with Crippen LogP contribution in [0.25, 0.3) is 0 Å². The van der Waals surface area contributed by atoms with Gasteiger partial charge in [-0.05, 0) is 48.7 Å². The first-order valence-electron chi connectivity index (χ1n) is 7.72. The molecule has 1 amide bonds. The summed E-state index contributed by atoms with van der Waals surface area (Å²) in [7, 11) is -3.52. The third kappa shape index (κ3) is 5.66. The molecule has 0 saturated carbocycles. The maximum atomic E-state index is 12.4. The first-order valence-corrected chi connectivity index (χ1v) is 10.4. The monoisotopic (exact) mass is 424 g/mol. The van der Waals surface area contributed by atoms with E-state index in [9.17, 15) is 13.2 Å². The van der Waals surface area contributed by atoms with Crippen LogP contribution in [0.2, 0.25) is 0 Å². The summed E-state index contributed by atoms with van der Waals surface area (Å²) in [5.41, 5.74) is 3.54. The highest BCUT2D eigenvalue weighted by molar-refractivity contribution is 9.10. The molecule has 0 spiro atoms. The van der Waals surface area contributed by atoms with E-state index >= 15 is 0 Å². The van der Waals surface area contributed by atoms with Crippen molar-refractivity contribution in [2.45, 2.75) is 20.4 Å². The van der Waals surface area contributed by atoms with Crippen LogP contribution in [0.5, 0.6) is 0 Å². The number of nitrogens with zero attached hydrogens (tertiary/aromatic N) is 1. The molecule has 7 heteroatoms. The van der Waals surface area contributed by atoms with Crippen LogP contribution in [0.1, 0.15) is 16.7 Å². The number of anilines is 1. The Morgan fingerprint density at radius 1 is 1.12 bits per heavy atom. The quantitative estimate of drug-likeness (QED) is 0.771. The summed E-state index contributed by atoms with van der Waals surface area (Å²) < 4.78 is 26.2.